The number of benzene rings is 4. The highest BCUT2D eigenvalue weighted by Gasteiger charge is 2.63. The zero-order valence-electron chi connectivity index (χ0n) is 21.1. The third-order valence-electron chi connectivity index (χ3n) is 7.94. The lowest BCUT2D eigenvalue weighted by atomic mass is 9.35. The molecule has 0 unspecified atom stereocenters. The summed E-state index contributed by atoms with van der Waals surface area (Å²) < 4.78 is 152. The number of allylic oxidation sites excluding steroid dienone is 2. The number of hydrogen-bond donors (Lipinski definition) is 0. The van der Waals surface area contributed by atoms with Crippen molar-refractivity contribution in [2.45, 2.75) is 13.2 Å². The standard InChI is InChI=1S/C29H18BF10P/c1-15-12-13-30(18-20(31)24(35)28(39)25(36)21(18)32,19-22(33)26(37)29(40)27(38)23(19)34)41(14-15,16-8-4-2-5-9-16)17-10-6-3-7-11-17/h2-12H,13-14H2,1H3. The molecule has 0 saturated heterocycles. The highest BCUT2D eigenvalue weighted by Crippen LogP contribution is 2.68. The van der Waals surface area contributed by atoms with E-state index in [2.05, 4.69) is 0 Å². The quantitative estimate of drug-likeness (QED) is 0.0609. The Morgan fingerprint density at radius 3 is 1.15 bits per heavy atom. The van der Waals surface area contributed by atoms with Gasteiger partial charge in [0.1, 0.15) is 23.3 Å². The first kappa shape index (κ1) is 28.9. The van der Waals surface area contributed by atoms with Crippen molar-refractivity contribution in [1.82, 2.24) is 0 Å². The fourth-order valence-electron chi connectivity index (χ4n) is 6.30. The highest BCUT2D eigenvalue weighted by molar-refractivity contribution is 8.21. The summed E-state index contributed by atoms with van der Waals surface area (Å²) in [5.74, 6) is -28.4. The molecule has 0 N–H and O–H groups in total. The second-order valence-corrected chi connectivity index (χ2v) is 13.9. The molecule has 1 aliphatic heterocycles. The molecule has 0 fully saturated rings. The van der Waals surface area contributed by atoms with Gasteiger partial charge >= 0.3 is 0 Å². The molecule has 0 nitrogen and oxygen atoms in total. The summed E-state index contributed by atoms with van der Waals surface area (Å²) in [4.78, 5) is 0. The van der Waals surface area contributed by atoms with Gasteiger partial charge in [0.05, 0.1) is 16.8 Å². The first-order chi connectivity index (χ1) is 19.4. The van der Waals surface area contributed by atoms with Gasteiger partial charge < -0.3 is 0 Å². The Bertz CT molecular complexity index is 1540. The summed E-state index contributed by atoms with van der Waals surface area (Å²) >= 11 is 0. The maximum Gasteiger partial charge on any atom is 0.246 e. The van der Waals surface area contributed by atoms with Crippen LogP contribution in [-0.4, -0.2) is 12.0 Å². The maximum atomic E-state index is 15.9. The Hall–Kier alpha value is -3.59. The second-order valence-electron chi connectivity index (χ2n) is 9.94. The van der Waals surface area contributed by atoms with Crippen LogP contribution in [0.4, 0.5) is 43.9 Å². The average molecular weight is 598 g/mol. The SMILES string of the molecule is CC1=CC[B-](c2c(F)c(F)c(F)c(F)c2F)(c2c(F)c(F)c(F)c(F)c2F)[P+](c2ccccc2)(c2ccccc2)C1. The Labute approximate surface area is 228 Å². The predicted octanol–water partition coefficient (Wildman–Crippen LogP) is 6.77. The molecule has 0 saturated carbocycles. The first-order valence-corrected chi connectivity index (χ1v) is 14.3. The fourth-order valence-corrected chi connectivity index (χ4v) is 12.4. The van der Waals surface area contributed by atoms with Crippen LogP contribution in [0.2, 0.25) is 6.32 Å². The maximum absolute atomic E-state index is 15.9. The van der Waals surface area contributed by atoms with Gasteiger partial charge in [0.25, 0.3) is 0 Å². The lowest BCUT2D eigenvalue weighted by Crippen LogP contribution is -2.69. The Morgan fingerprint density at radius 1 is 0.488 bits per heavy atom. The molecule has 212 valence electrons. The summed E-state index contributed by atoms with van der Waals surface area (Å²) in [5, 5.41) is 0.401. The van der Waals surface area contributed by atoms with Crippen molar-refractivity contribution < 1.29 is 43.9 Å². The van der Waals surface area contributed by atoms with E-state index in [9.17, 15) is 26.3 Å². The van der Waals surface area contributed by atoms with Crippen molar-refractivity contribution in [1.29, 1.82) is 0 Å². The molecule has 0 radical (unpaired) electrons. The van der Waals surface area contributed by atoms with Gasteiger partial charge in [0, 0.05) is 0 Å². The number of hydrogen-bond acceptors (Lipinski definition) is 0. The average Bonchev–Trinajstić information content (AvgIpc) is 2.99. The summed E-state index contributed by atoms with van der Waals surface area (Å²) in [6, 6.07) is 14.9. The van der Waals surface area contributed by atoms with Crippen molar-refractivity contribution in [2.75, 3.05) is 6.16 Å². The van der Waals surface area contributed by atoms with Crippen LogP contribution in [0.1, 0.15) is 6.92 Å². The third kappa shape index (κ3) is 3.96. The number of rotatable bonds is 4. The van der Waals surface area contributed by atoms with Crippen molar-refractivity contribution >= 4 is 34.5 Å². The predicted molar refractivity (Wildman–Crippen MR) is 140 cm³/mol. The molecule has 41 heavy (non-hydrogen) atoms. The minimum atomic E-state index is -4.05. The van der Waals surface area contributed by atoms with E-state index in [0.29, 0.717) is 5.57 Å². The van der Waals surface area contributed by atoms with Crippen LogP contribution in [0.3, 0.4) is 0 Å². The van der Waals surface area contributed by atoms with Gasteiger partial charge in [-0.1, -0.05) is 54.5 Å². The lowest BCUT2D eigenvalue weighted by molar-refractivity contribution is 0.382. The van der Waals surface area contributed by atoms with E-state index >= 15 is 17.6 Å². The zero-order valence-corrected chi connectivity index (χ0v) is 22.0. The number of halogens is 10. The van der Waals surface area contributed by atoms with Gasteiger partial charge in [-0.25, -0.2) is 43.9 Å². The van der Waals surface area contributed by atoms with Crippen molar-refractivity contribution in [3.63, 3.8) is 0 Å². The van der Waals surface area contributed by atoms with Crippen LogP contribution in [-0.2, 0) is 0 Å². The molecular weight excluding hydrogens is 580 g/mol. The van der Waals surface area contributed by atoms with Crippen LogP contribution < -0.4 is 21.5 Å². The minimum Gasteiger partial charge on any atom is -0.207 e. The topological polar surface area (TPSA) is 0 Å². The van der Waals surface area contributed by atoms with E-state index in [1.807, 2.05) is 0 Å². The minimum absolute atomic E-state index is 0.200. The third-order valence-corrected chi connectivity index (χ3v) is 13.6. The van der Waals surface area contributed by atoms with Gasteiger partial charge in [-0.2, -0.15) is 0 Å². The molecule has 4 aromatic carbocycles. The van der Waals surface area contributed by atoms with Crippen LogP contribution in [0.5, 0.6) is 0 Å². The molecule has 0 bridgehead atoms. The smallest absolute Gasteiger partial charge is 0.207 e. The van der Waals surface area contributed by atoms with Gasteiger partial charge in [-0.15, -0.1) is 12.4 Å². The molecule has 0 aliphatic carbocycles. The van der Waals surface area contributed by atoms with Gasteiger partial charge in [-0.05, 0) is 36.8 Å². The normalized spacial score (nSPS) is 16.0. The fraction of sp³-hybridized carbons (Fsp3) is 0.103. The molecule has 12 heteroatoms. The molecule has 0 spiro atoms. The Morgan fingerprint density at radius 2 is 0.805 bits per heavy atom. The van der Waals surface area contributed by atoms with E-state index in [-0.39, 0.29) is 16.8 Å². The molecule has 1 aliphatic rings. The van der Waals surface area contributed by atoms with Crippen molar-refractivity contribution in [3.05, 3.63) is 130 Å². The Kier molecular flexibility index (Phi) is 7.31. The zero-order chi connectivity index (χ0) is 29.9. The highest BCUT2D eigenvalue weighted by atomic mass is 31.2. The van der Waals surface area contributed by atoms with E-state index in [1.165, 1.54) is 54.6 Å². The summed E-state index contributed by atoms with van der Waals surface area (Å²) in [6.07, 6.45) is 0.264. The van der Waals surface area contributed by atoms with Crippen LogP contribution in [0.15, 0.2) is 72.3 Å². The molecule has 0 atom stereocenters. The monoisotopic (exact) mass is 598 g/mol. The van der Waals surface area contributed by atoms with Crippen LogP contribution in [0.25, 0.3) is 0 Å². The Balaban J connectivity index is 2.17. The van der Waals surface area contributed by atoms with E-state index < -0.39 is 88.4 Å². The van der Waals surface area contributed by atoms with Gasteiger partial charge in [-0.3, -0.25) is 0 Å². The molecule has 4 aromatic rings. The lowest BCUT2D eigenvalue weighted by Gasteiger charge is -2.53. The first-order valence-electron chi connectivity index (χ1n) is 12.3. The molecule has 0 amide bonds. The van der Waals surface area contributed by atoms with Crippen LogP contribution in [0, 0.1) is 58.2 Å². The second kappa shape index (κ2) is 10.4. The van der Waals surface area contributed by atoms with Gasteiger partial charge in [0.15, 0.2) is 34.9 Å². The summed E-state index contributed by atoms with van der Waals surface area (Å²) in [5.41, 5.74) is -2.71. The van der Waals surface area contributed by atoms with Crippen molar-refractivity contribution in [2.24, 2.45) is 0 Å². The summed E-state index contributed by atoms with van der Waals surface area (Å²) in [6.45, 7) is 1.59. The van der Waals surface area contributed by atoms with E-state index in [0.717, 1.165) is 0 Å². The molecular formula is C29H18BF10P. The van der Waals surface area contributed by atoms with Crippen molar-refractivity contribution in [3.8, 4) is 0 Å². The molecule has 5 rings (SSSR count). The van der Waals surface area contributed by atoms with Crippen LogP contribution >= 0.6 is 7.14 Å². The van der Waals surface area contributed by atoms with E-state index in [4.69, 9.17) is 0 Å². The van der Waals surface area contributed by atoms with Gasteiger partial charge in [0.2, 0.25) is 5.87 Å². The van der Waals surface area contributed by atoms with E-state index in [1.54, 1.807) is 19.1 Å². The largest absolute Gasteiger partial charge is 0.246 e. The summed E-state index contributed by atoms with van der Waals surface area (Å²) in [7, 11) is -3.93. The molecule has 0 aromatic heterocycles. The molecule has 1 heterocycles.